The summed E-state index contributed by atoms with van der Waals surface area (Å²) in [6.45, 7) is 0.770. The van der Waals surface area contributed by atoms with Gasteiger partial charge in [0.05, 0.1) is 6.33 Å². The molecule has 2 aromatic heterocycles. The number of rotatable bonds is 1. The molecule has 16 heavy (non-hydrogen) atoms. The number of aromatic amines is 1. The number of fused-ring (bicyclic) bond motifs is 1. The Bertz CT molecular complexity index is 503. The summed E-state index contributed by atoms with van der Waals surface area (Å²) < 4.78 is 5.63. The van der Waals surface area contributed by atoms with Gasteiger partial charge < -0.3 is 15.5 Å². The Kier molecular flexibility index (Phi) is 2.21. The van der Waals surface area contributed by atoms with E-state index >= 15 is 0 Å². The highest BCUT2D eigenvalue weighted by Crippen LogP contribution is 2.27. The number of nitrogens with zero attached hydrogens (tertiary/aromatic N) is 3. The number of nitrogen functional groups attached to an aromatic ring is 1. The zero-order valence-corrected chi connectivity index (χ0v) is 8.81. The van der Waals surface area contributed by atoms with Crippen LogP contribution in [0.2, 0.25) is 0 Å². The van der Waals surface area contributed by atoms with Crippen LogP contribution in [0.1, 0.15) is 31.2 Å². The molecular formula is C10H13N5O. The summed E-state index contributed by atoms with van der Waals surface area (Å²) in [6, 6.07) is 0. The molecule has 1 aliphatic rings. The lowest BCUT2D eigenvalue weighted by molar-refractivity contribution is 0.00973. The van der Waals surface area contributed by atoms with Gasteiger partial charge in [-0.05, 0) is 19.3 Å². The van der Waals surface area contributed by atoms with E-state index in [1.54, 1.807) is 6.33 Å². The Morgan fingerprint density at radius 2 is 2.31 bits per heavy atom. The Labute approximate surface area is 92.3 Å². The number of nitrogens with one attached hydrogen (secondary N) is 1. The maximum Gasteiger partial charge on any atom is 0.183 e. The summed E-state index contributed by atoms with van der Waals surface area (Å²) in [5.74, 6) is 1.09. The van der Waals surface area contributed by atoms with Crippen molar-refractivity contribution in [2.45, 2.75) is 25.4 Å². The lowest BCUT2D eigenvalue weighted by Crippen LogP contribution is -2.15. The molecule has 6 nitrogen and oxygen atoms in total. The second-order valence-electron chi connectivity index (χ2n) is 3.92. The lowest BCUT2D eigenvalue weighted by atomic mass is 10.1. The highest BCUT2D eigenvalue weighted by atomic mass is 16.5. The van der Waals surface area contributed by atoms with Gasteiger partial charge in [-0.1, -0.05) is 0 Å². The normalized spacial score (nSPS) is 21.4. The van der Waals surface area contributed by atoms with Gasteiger partial charge in [0, 0.05) is 6.61 Å². The SMILES string of the molecule is Nc1nc(C2CCCCO2)nc2nc[nH]c12. The van der Waals surface area contributed by atoms with Gasteiger partial charge in [0.25, 0.3) is 0 Å². The predicted molar refractivity (Wildman–Crippen MR) is 58.6 cm³/mol. The third kappa shape index (κ3) is 1.51. The fraction of sp³-hybridized carbons (Fsp3) is 0.500. The van der Waals surface area contributed by atoms with Crippen LogP contribution in [0.25, 0.3) is 11.2 Å². The summed E-state index contributed by atoms with van der Waals surface area (Å²) in [5.41, 5.74) is 7.13. The average molecular weight is 219 g/mol. The second-order valence-corrected chi connectivity index (χ2v) is 3.92. The zero-order chi connectivity index (χ0) is 11.0. The van der Waals surface area contributed by atoms with Crippen molar-refractivity contribution >= 4 is 17.0 Å². The molecule has 1 fully saturated rings. The van der Waals surface area contributed by atoms with Gasteiger partial charge in [-0.25, -0.2) is 15.0 Å². The monoisotopic (exact) mass is 219 g/mol. The molecule has 0 radical (unpaired) electrons. The van der Waals surface area contributed by atoms with E-state index in [2.05, 4.69) is 19.9 Å². The summed E-state index contributed by atoms with van der Waals surface area (Å²) in [6.07, 6.45) is 4.75. The van der Waals surface area contributed by atoms with E-state index in [0.717, 1.165) is 25.9 Å². The number of hydrogen-bond acceptors (Lipinski definition) is 5. The minimum atomic E-state index is -0.0304. The molecule has 0 bridgehead atoms. The number of imidazole rings is 1. The number of hydrogen-bond donors (Lipinski definition) is 2. The standard InChI is InChI=1S/C10H13N5O/c11-8-7-10(13-5-12-7)15-9(14-8)6-3-1-2-4-16-6/h5-6H,1-4H2,(H3,11,12,13,14,15). The molecule has 1 unspecified atom stereocenters. The molecule has 0 spiro atoms. The van der Waals surface area contributed by atoms with Crippen LogP contribution < -0.4 is 5.73 Å². The molecule has 0 aliphatic carbocycles. The lowest BCUT2D eigenvalue weighted by Gasteiger charge is -2.21. The van der Waals surface area contributed by atoms with Crippen molar-refractivity contribution in [3.8, 4) is 0 Å². The quantitative estimate of drug-likeness (QED) is 0.751. The van der Waals surface area contributed by atoms with Gasteiger partial charge in [-0.2, -0.15) is 0 Å². The number of anilines is 1. The number of H-pyrrole nitrogens is 1. The summed E-state index contributed by atoms with van der Waals surface area (Å²) in [7, 11) is 0. The third-order valence-electron chi connectivity index (χ3n) is 2.80. The van der Waals surface area contributed by atoms with Crippen molar-refractivity contribution in [1.29, 1.82) is 0 Å². The molecule has 1 atom stereocenters. The van der Waals surface area contributed by atoms with Crippen LogP contribution in [0.15, 0.2) is 6.33 Å². The fourth-order valence-corrected chi connectivity index (χ4v) is 1.96. The molecule has 2 aromatic rings. The van der Waals surface area contributed by atoms with Crippen molar-refractivity contribution in [2.75, 3.05) is 12.3 Å². The van der Waals surface area contributed by atoms with Crippen LogP contribution in [0.4, 0.5) is 5.82 Å². The Morgan fingerprint density at radius 3 is 3.12 bits per heavy atom. The summed E-state index contributed by atoms with van der Waals surface area (Å²) in [4.78, 5) is 15.6. The van der Waals surface area contributed by atoms with Gasteiger partial charge in [0.2, 0.25) is 0 Å². The molecule has 0 amide bonds. The highest BCUT2D eigenvalue weighted by molar-refractivity contribution is 5.80. The van der Waals surface area contributed by atoms with E-state index in [1.807, 2.05) is 0 Å². The molecular weight excluding hydrogens is 206 g/mol. The van der Waals surface area contributed by atoms with Gasteiger partial charge in [0.1, 0.15) is 11.6 Å². The van der Waals surface area contributed by atoms with Crippen LogP contribution in [-0.2, 0) is 4.74 Å². The third-order valence-corrected chi connectivity index (χ3v) is 2.80. The van der Waals surface area contributed by atoms with E-state index in [4.69, 9.17) is 10.5 Å². The van der Waals surface area contributed by atoms with Crippen LogP contribution in [0, 0.1) is 0 Å². The molecule has 1 saturated heterocycles. The molecule has 3 rings (SSSR count). The average Bonchev–Trinajstić information content (AvgIpc) is 2.79. The van der Waals surface area contributed by atoms with Crippen molar-refractivity contribution in [1.82, 2.24) is 19.9 Å². The van der Waals surface area contributed by atoms with E-state index in [9.17, 15) is 0 Å². The van der Waals surface area contributed by atoms with Crippen molar-refractivity contribution in [3.05, 3.63) is 12.2 Å². The van der Waals surface area contributed by atoms with Crippen LogP contribution in [0.3, 0.4) is 0 Å². The molecule has 6 heteroatoms. The van der Waals surface area contributed by atoms with Crippen LogP contribution >= 0.6 is 0 Å². The largest absolute Gasteiger partial charge is 0.382 e. The Balaban J connectivity index is 2.02. The number of nitrogens with two attached hydrogens (primary N) is 1. The van der Waals surface area contributed by atoms with Gasteiger partial charge in [0.15, 0.2) is 17.3 Å². The van der Waals surface area contributed by atoms with Crippen LogP contribution in [-0.4, -0.2) is 26.5 Å². The first-order chi connectivity index (χ1) is 7.84. The summed E-state index contributed by atoms with van der Waals surface area (Å²) in [5, 5.41) is 0. The topological polar surface area (TPSA) is 89.7 Å². The zero-order valence-electron chi connectivity index (χ0n) is 8.81. The second kappa shape index (κ2) is 3.71. The smallest absolute Gasteiger partial charge is 0.183 e. The minimum Gasteiger partial charge on any atom is -0.382 e. The molecule has 1 aliphatic heterocycles. The van der Waals surface area contributed by atoms with E-state index in [0.29, 0.717) is 22.8 Å². The van der Waals surface area contributed by atoms with Crippen molar-refractivity contribution < 1.29 is 4.74 Å². The molecule has 3 heterocycles. The molecule has 84 valence electrons. The minimum absolute atomic E-state index is 0.0304. The van der Waals surface area contributed by atoms with Gasteiger partial charge in [-0.15, -0.1) is 0 Å². The van der Waals surface area contributed by atoms with E-state index < -0.39 is 0 Å². The van der Waals surface area contributed by atoms with E-state index in [1.165, 1.54) is 0 Å². The Hall–Kier alpha value is -1.69. The predicted octanol–water partition coefficient (Wildman–Crippen LogP) is 1.18. The maximum atomic E-state index is 5.83. The first kappa shape index (κ1) is 9.53. The van der Waals surface area contributed by atoms with Crippen LogP contribution in [0.5, 0.6) is 0 Å². The molecule has 0 aromatic carbocycles. The highest BCUT2D eigenvalue weighted by Gasteiger charge is 2.20. The molecule has 3 N–H and O–H groups in total. The Morgan fingerprint density at radius 1 is 1.38 bits per heavy atom. The number of aromatic nitrogens is 4. The first-order valence-electron chi connectivity index (χ1n) is 5.42. The van der Waals surface area contributed by atoms with Crippen molar-refractivity contribution in [3.63, 3.8) is 0 Å². The maximum absolute atomic E-state index is 5.83. The van der Waals surface area contributed by atoms with Crippen molar-refractivity contribution in [2.24, 2.45) is 0 Å². The van der Waals surface area contributed by atoms with Gasteiger partial charge >= 0.3 is 0 Å². The number of ether oxygens (including phenoxy) is 1. The van der Waals surface area contributed by atoms with E-state index in [-0.39, 0.29) is 6.10 Å². The first-order valence-corrected chi connectivity index (χ1v) is 5.42. The summed E-state index contributed by atoms with van der Waals surface area (Å²) >= 11 is 0. The molecule has 0 saturated carbocycles. The fourth-order valence-electron chi connectivity index (χ4n) is 1.96. The van der Waals surface area contributed by atoms with Gasteiger partial charge in [-0.3, -0.25) is 0 Å².